The van der Waals surface area contributed by atoms with Crippen LogP contribution in [0.2, 0.25) is 0 Å². The van der Waals surface area contributed by atoms with E-state index in [1.165, 1.54) is 0 Å². The summed E-state index contributed by atoms with van der Waals surface area (Å²) in [6.07, 6.45) is -0.219. The van der Waals surface area contributed by atoms with Crippen molar-refractivity contribution in [2.45, 2.75) is 20.3 Å². The molecule has 0 spiro atoms. The van der Waals surface area contributed by atoms with E-state index in [9.17, 15) is 9.59 Å². The normalized spacial score (nSPS) is 10.1. The number of aryl methyl sites for hydroxylation is 2. The first-order chi connectivity index (χ1) is 7.41. The van der Waals surface area contributed by atoms with E-state index in [1.807, 2.05) is 0 Å². The first-order valence-electron chi connectivity index (χ1n) is 4.64. The van der Waals surface area contributed by atoms with Crippen LogP contribution in [0.4, 0.5) is 10.8 Å². The molecule has 1 heterocycles. The van der Waals surface area contributed by atoms with E-state index < -0.39 is 12.0 Å². The zero-order valence-electron chi connectivity index (χ0n) is 9.06. The van der Waals surface area contributed by atoms with E-state index in [0.717, 1.165) is 4.90 Å². The lowest BCUT2D eigenvalue weighted by Gasteiger charge is -2.14. The molecule has 0 aromatic carbocycles. The summed E-state index contributed by atoms with van der Waals surface area (Å²) >= 11 is 0. The molecule has 0 atom stereocenters. The van der Waals surface area contributed by atoms with Crippen molar-refractivity contribution in [1.82, 2.24) is 4.98 Å². The lowest BCUT2D eigenvalue weighted by atomic mass is 10.4. The van der Waals surface area contributed by atoms with Crippen molar-refractivity contribution in [3.05, 3.63) is 11.5 Å². The standard InChI is InChI=1S/C9H13N3O4/c1-5-6(2)16-9(11-5)12(8(10)15)4-3-7(13)14/h3-4H2,1-2H3,(H2,10,15)(H,13,14). The molecule has 0 radical (unpaired) electrons. The van der Waals surface area contributed by atoms with Crippen LogP contribution in [0.5, 0.6) is 0 Å². The highest BCUT2D eigenvalue weighted by atomic mass is 16.4. The predicted molar refractivity (Wildman–Crippen MR) is 55.2 cm³/mol. The van der Waals surface area contributed by atoms with Crippen LogP contribution in [-0.2, 0) is 4.79 Å². The molecule has 0 bridgehead atoms. The van der Waals surface area contributed by atoms with Crippen LogP contribution in [0.1, 0.15) is 17.9 Å². The molecule has 0 aliphatic carbocycles. The second kappa shape index (κ2) is 4.65. The number of nitrogens with zero attached hydrogens (tertiary/aromatic N) is 2. The van der Waals surface area contributed by atoms with Crippen LogP contribution < -0.4 is 10.6 Å². The Balaban J connectivity index is 2.85. The highest BCUT2D eigenvalue weighted by Crippen LogP contribution is 2.17. The van der Waals surface area contributed by atoms with Crippen molar-refractivity contribution in [2.75, 3.05) is 11.4 Å². The fraction of sp³-hybridized carbons (Fsp3) is 0.444. The number of rotatable bonds is 4. The van der Waals surface area contributed by atoms with Gasteiger partial charge in [-0.05, 0) is 13.8 Å². The number of hydrogen-bond donors (Lipinski definition) is 2. The van der Waals surface area contributed by atoms with Crippen LogP contribution in [0.25, 0.3) is 0 Å². The summed E-state index contributed by atoms with van der Waals surface area (Å²) < 4.78 is 5.19. The Bertz CT molecular complexity index is 393. The number of primary amides is 1. The number of anilines is 1. The predicted octanol–water partition coefficient (Wildman–Crippen LogP) is 0.651. The SMILES string of the molecule is Cc1nc(N(CCC(=O)O)C(N)=O)oc1C. The van der Waals surface area contributed by atoms with E-state index in [-0.39, 0.29) is 19.0 Å². The minimum atomic E-state index is -1.02. The number of carbonyl (C=O) groups is 2. The van der Waals surface area contributed by atoms with Gasteiger partial charge in [0, 0.05) is 6.54 Å². The van der Waals surface area contributed by atoms with Gasteiger partial charge in [0.15, 0.2) is 0 Å². The van der Waals surface area contributed by atoms with Gasteiger partial charge in [0.1, 0.15) is 5.76 Å². The van der Waals surface area contributed by atoms with E-state index in [4.69, 9.17) is 15.3 Å². The van der Waals surface area contributed by atoms with Crippen molar-refractivity contribution in [1.29, 1.82) is 0 Å². The Kier molecular flexibility index (Phi) is 3.49. The molecule has 2 amide bonds. The smallest absolute Gasteiger partial charge is 0.322 e. The number of urea groups is 1. The second-order valence-corrected chi connectivity index (χ2v) is 3.27. The maximum absolute atomic E-state index is 11.1. The summed E-state index contributed by atoms with van der Waals surface area (Å²) in [5.41, 5.74) is 5.74. The molecule has 1 aromatic heterocycles. The summed E-state index contributed by atoms with van der Waals surface area (Å²) in [6.45, 7) is 3.35. The quantitative estimate of drug-likeness (QED) is 0.784. The Morgan fingerprint density at radius 3 is 2.50 bits per heavy atom. The summed E-state index contributed by atoms with van der Waals surface area (Å²) in [4.78, 5) is 26.5. The van der Waals surface area contributed by atoms with Crippen molar-refractivity contribution in [3.8, 4) is 0 Å². The Hall–Kier alpha value is -2.05. The Morgan fingerprint density at radius 1 is 1.50 bits per heavy atom. The molecule has 1 aromatic rings. The average Bonchev–Trinajstić information content (AvgIpc) is 2.46. The van der Waals surface area contributed by atoms with Gasteiger partial charge in [-0.1, -0.05) is 0 Å². The van der Waals surface area contributed by atoms with Crippen molar-refractivity contribution < 1.29 is 19.1 Å². The van der Waals surface area contributed by atoms with Crippen LogP contribution in [0.15, 0.2) is 4.42 Å². The van der Waals surface area contributed by atoms with Gasteiger partial charge in [-0.2, -0.15) is 4.98 Å². The van der Waals surface area contributed by atoms with Gasteiger partial charge < -0.3 is 15.3 Å². The number of oxazole rings is 1. The topological polar surface area (TPSA) is 110 Å². The van der Waals surface area contributed by atoms with Gasteiger partial charge >= 0.3 is 18.0 Å². The molecule has 0 aliphatic heterocycles. The molecule has 7 heteroatoms. The molecule has 0 unspecified atom stereocenters. The lowest BCUT2D eigenvalue weighted by molar-refractivity contribution is -0.136. The first-order valence-corrected chi connectivity index (χ1v) is 4.64. The number of nitrogens with two attached hydrogens (primary N) is 1. The van der Waals surface area contributed by atoms with Crippen LogP contribution >= 0.6 is 0 Å². The van der Waals surface area contributed by atoms with Crippen molar-refractivity contribution in [2.24, 2.45) is 5.73 Å². The van der Waals surface area contributed by atoms with Crippen molar-refractivity contribution in [3.63, 3.8) is 0 Å². The fourth-order valence-corrected chi connectivity index (χ4v) is 1.08. The minimum absolute atomic E-state index is 0.0313. The van der Waals surface area contributed by atoms with Crippen LogP contribution in [-0.4, -0.2) is 28.6 Å². The van der Waals surface area contributed by atoms with E-state index in [1.54, 1.807) is 13.8 Å². The molecule has 0 saturated heterocycles. The van der Waals surface area contributed by atoms with Crippen LogP contribution in [0.3, 0.4) is 0 Å². The molecule has 0 fully saturated rings. The van der Waals surface area contributed by atoms with Gasteiger partial charge in [-0.3, -0.25) is 4.79 Å². The highest BCUT2D eigenvalue weighted by Gasteiger charge is 2.19. The summed E-state index contributed by atoms with van der Waals surface area (Å²) in [5.74, 6) is -0.456. The monoisotopic (exact) mass is 227 g/mol. The highest BCUT2D eigenvalue weighted by molar-refractivity contribution is 5.88. The maximum Gasteiger partial charge on any atom is 0.322 e. The number of amides is 2. The fourth-order valence-electron chi connectivity index (χ4n) is 1.08. The van der Waals surface area contributed by atoms with Crippen molar-refractivity contribution >= 4 is 18.0 Å². The van der Waals surface area contributed by atoms with Crippen LogP contribution in [0, 0.1) is 13.8 Å². The van der Waals surface area contributed by atoms with Gasteiger partial charge in [0.25, 0.3) is 0 Å². The number of hydrogen-bond acceptors (Lipinski definition) is 4. The molecule has 88 valence electrons. The second-order valence-electron chi connectivity index (χ2n) is 3.27. The largest absolute Gasteiger partial charge is 0.481 e. The zero-order chi connectivity index (χ0) is 12.3. The van der Waals surface area contributed by atoms with Gasteiger partial charge in [0.2, 0.25) is 0 Å². The van der Waals surface area contributed by atoms with Gasteiger partial charge in [-0.25, -0.2) is 9.69 Å². The molecule has 0 saturated carbocycles. The number of carbonyl (C=O) groups excluding carboxylic acids is 1. The van der Waals surface area contributed by atoms with E-state index in [2.05, 4.69) is 4.98 Å². The summed E-state index contributed by atoms with van der Waals surface area (Å²) in [7, 11) is 0. The van der Waals surface area contributed by atoms with E-state index in [0.29, 0.717) is 11.5 Å². The molecule has 16 heavy (non-hydrogen) atoms. The lowest BCUT2D eigenvalue weighted by Crippen LogP contribution is -2.37. The Morgan fingerprint density at radius 2 is 2.12 bits per heavy atom. The molecule has 1 rings (SSSR count). The molecular weight excluding hydrogens is 214 g/mol. The van der Waals surface area contributed by atoms with Gasteiger partial charge in [0.05, 0.1) is 12.1 Å². The average molecular weight is 227 g/mol. The third-order valence-electron chi connectivity index (χ3n) is 2.06. The molecule has 7 nitrogen and oxygen atoms in total. The summed E-state index contributed by atoms with van der Waals surface area (Å²) in [6, 6.07) is -0.758. The Labute approximate surface area is 91.9 Å². The number of aliphatic carboxylic acids is 1. The number of aromatic nitrogens is 1. The van der Waals surface area contributed by atoms with E-state index >= 15 is 0 Å². The molecular formula is C9H13N3O4. The maximum atomic E-state index is 11.1. The number of carboxylic acid groups (broad SMARTS) is 1. The molecule has 0 aliphatic rings. The zero-order valence-corrected chi connectivity index (χ0v) is 9.06. The third-order valence-corrected chi connectivity index (χ3v) is 2.06. The third kappa shape index (κ3) is 2.72. The minimum Gasteiger partial charge on any atom is -0.481 e. The number of carboxylic acids is 1. The van der Waals surface area contributed by atoms with Gasteiger partial charge in [-0.15, -0.1) is 0 Å². The first kappa shape index (κ1) is 12.0. The molecule has 3 N–H and O–H groups in total. The summed E-state index contributed by atoms with van der Waals surface area (Å²) in [5, 5.41) is 8.52.